The van der Waals surface area contributed by atoms with Crippen molar-refractivity contribution in [3.63, 3.8) is 0 Å². The third-order valence-electron chi connectivity index (χ3n) is 8.46. The Kier molecular flexibility index (Phi) is 7.59. The largest absolute Gasteiger partial charge is 0.427 e. The Morgan fingerprint density at radius 2 is 0.921 bits per heavy atom. The summed E-state index contributed by atoms with van der Waals surface area (Å²) in [6.45, 7) is 14.8. The van der Waals surface area contributed by atoms with E-state index in [9.17, 15) is 10.2 Å². The fourth-order valence-corrected chi connectivity index (χ4v) is 4.34. The number of rotatable bonds is 9. The first-order chi connectivity index (χ1) is 17.6. The molecule has 0 aliphatic heterocycles. The normalized spacial score (nSPS) is 13.2. The van der Waals surface area contributed by atoms with Crippen LogP contribution in [0.5, 0.6) is 0 Å². The smallest absolute Gasteiger partial charge is 0.310 e. The quantitative estimate of drug-likeness (QED) is 0.252. The van der Waals surface area contributed by atoms with E-state index in [0.717, 1.165) is 43.6 Å². The molecule has 38 heavy (non-hydrogen) atoms. The van der Waals surface area contributed by atoms with Gasteiger partial charge in [-0.2, -0.15) is 0 Å². The number of hydrogen-bond donors (Lipinski definition) is 2. The average Bonchev–Trinajstić information content (AvgIpc) is 2.84. The molecule has 0 atom stereocenters. The van der Waals surface area contributed by atoms with Crippen LogP contribution >= 0.6 is 0 Å². The highest BCUT2D eigenvalue weighted by atomic mass is 16.5. The Bertz CT molecular complexity index is 1430. The van der Waals surface area contributed by atoms with Gasteiger partial charge in [-0.05, 0) is 105 Å². The van der Waals surface area contributed by atoms with E-state index in [0.29, 0.717) is 15.0 Å². The van der Waals surface area contributed by atoms with Crippen LogP contribution in [0.3, 0.4) is 0 Å². The van der Waals surface area contributed by atoms with E-state index in [2.05, 4.69) is 42.5 Å². The lowest BCUT2D eigenvalue weighted by Crippen LogP contribution is -2.50. The lowest BCUT2D eigenvalue weighted by Gasteiger charge is -2.38. The molecule has 0 aliphatic rings. The molecular weight excluding hydrogens is 470 g/mol. The molecule has 4 aromatic rings. The van der Waals surface area contributed by atoms with Gasteiger partial charge in [-0.15, -0.1) is 0 Å². The number of benzene rings is 4. The van der Waals surface area contributed by atoms with Crippen LogP contribution in [-0.4, -0.2) is 47.6 Å². The van der Waals surface area contributed by atoms with Gasteiger partial charge in [0.1, 0.15) is 0 Å². The van der Waals surface area contributed by atoms with Crippen molar-refractivity contribution in [3.05, 3.63) is 72.8 Å². The maximum Gasteiger partial charge on any atom is 0.310 e. The van der Waals surface area contributed by atoms with Crippen molar-refractivity contribution >= 4 is 47.4 Å². The molecule has 4 aromatic carbocycles. The highest BCUT2D eigenvalue weighted by Gasteiger charge is 2.37. The summed E-state index contributed by atoms with van der Waals surface area (Å²) < 4.78 is 12.8. The molecule has 2 N–H and O–H groups in total. The maximum absolute atomic E-state index is 10.7. The van der Waals surface area contributed by atoms with Gasteiger partial charge in [0.05, 0.1) is 22.4 Å². The van der Waals surface area contributed by atoms with Crippen molar-refractivity contribution in [2.45, 2.75) is 77.8 Å². The number of aliphatic hydroxyl groups is 2. The van der Waals surface area contributed by atoms with Crippen molar-refractivity contribution in [1.82, 2.24) is 0 Å². The molecule has 0 spiro atoms. The van der Waals surface area contributed by atoms with Gasteiger partial charge >= 0.3 is 15.0 Å². The molecule has 0 bridgehead atoms. The molecule has 0 aliphatic carbocycles. The molecule has 0 fully saturated rings. The first-order valence-corrected chi connectivity index (χ1v) is 13.4. The molecule has 0 saturated carbocycles. The SMILES string of the molecule is CC(C)(O)C(C)(C)OBc1c2ccccc2c(BOC(C)(C)C(C)(C)O)c2cc(-c3ccccc3)ccc12. The second-order valence-electron chi connectivity index (χ2n) is 12.3. The second-order valence-corrected chi connectivity index (χ2v) is 12.3. The van der Waals surface area contributed by atoms with E-state index in [-0.39, 0.29) is 0 Å². The number of fused-ring (bicyclic) bond motifs is 2. The predicted octanol–water partition coefficient (Wildman–Crippen LogP) is 4.75. The molecule has 0 saturated heterocycles. The summed E-state index contributed by atoms with van der Waals surface area (Å²) in [6, 6.07) is 25.3. The minimum atomic E-state index is -1.01. The third-order valence-corrected chi connectivity index (χ3v) is 8.46. The molecule has 198 valence electrons. The molecule has 0 aromatic heterocycles. The van der Waals surface area contributed by atoms with Crippen LogP contribution in [-0.2, 0) is 9.31 Å². The fraction of sp³-hybridized carbons (Fsp3) is 0.375. The van der Waals surface area contributed by atoms with Gasteiger partial charge in [0.25, 0.3) is 0 Å². The van der Waals surface area contributed by atoms with Gasteiger partial charge in [0.2, 0.25) is 0 Å². The van der Waals surface area contributed by atoms with E-state index in [4.69, 9.17) is 9.31 Å². The molecule has 6 heteroatoms. The molecule has 4 nitrogen and oxygen atoms in total. The Labute approximate surface area is 228 Å². The van der Waals surface area contributed by atoms with Crippen LogP contribution in [0.15, 0.2) is 72.8 Å². The zero-order valence-corrected chi connectivity index (χ0v) is 24.1. The van der Waals surface area contributed by atoms with Gasteiger partial charge in [0.15, 0.2) is 0 Å². The lowest BCUT2D eigenvalue weighted by molar-refractivity contribution is -0.0893. The van der Waals surface area contributed by atoms with Crippen molar-refractivity contribution in [3.8, 4) is 11.1 Å². The summed E-state index contributed by atoms with van der Waals surface area (Å²) in [5.74, 6) is 0. The summed E-state index contributed by atoms with van der Waals surface area (Å²) in [6.07, 6.45) is 0. The number of hydrogen-bond acceptors (Lipinski definition) is 4. The lowest BCUT2D eigenvalue weighted by atomic mass is 9.71. The van der Waals surface area contributed by atoms with Crippen molar-refractivity contribution < 1.29 is 19.5 Å². The van der Waals surface area contributed by atoms with Crippen LogP contribution in [0.25, 0.3) is 32.7 Å². The summed E-state index contributed by atoms with van der Waals surface area (Å²) in [4.78, 5) is 0. The average molecular weight is 510 g/mol. The van der Waals surface area contributed by atoms with E-state index in [1.165, 1.54) is 0 Å². The van der Waals surface area contributed by atoms with Gasteiger partial charge in [-0.25, -0.2) is 0 Å². The maximum atomic E-state index is 10.7. The molecule has 0 radical (unpaired) electrons. The minimum absolute atomic E-state index is 0.350. The van der Waals surface area contributed by atoms with Crippen LogP contribution in [0, 0.1) is 0 Å². The monoisotopic (exact) mass is 510 g/mol. The van der Waals surface area contributed by atoms with Gasteiger partial charge in [-0.1, -0.05) is 66.7 Å². The zero-order chi connectivity index (χ0) is 27.9. The molecule has 0 amide bonds. The van der Waals surface area contributed by atoms with Crippen LogP contribution in [0.1, 0.15) is 55.4 Å². The van der Waals surface area contributed by atoms with Gasteiger partial charge in [0, 0.05) is 0 Å². The molecular formula is C32H40B2O4. The fourth-order valence-electron chi connectivity index (χ4n) is 4.34. The minimum Gasteiger partial charge on any atom is -0.427 e. The van der Waals surface area contributed by atoms with Crippen molar-refractivity contribution in [2.75, 3.05) is 0 Å². The highest BCUT2D eigenvalue weighted by Crippen LogP contribution is 2.29. The molecule has 4 rings (SSSR count). The topological polar surface area (TPSA) is 58.9 Å². The standard InChI is InChI=1S/C32H40B2O4/c1-29(2,35)31(5,6)37-33-27-23-16-12-13-17-24(23)28(34-38-32(7,8)30(3,4)36)26-20-22(18-19-25(26)27)21-14-10-9-11-15-21/h9-20,33-36H,1-8H3. The van der Waals surface area contributed by atoms with Gasteiger partial charge in [-0.3, -0.25) is 0 Å². The molecule has 0 unspecified atom stereocenters. The zero-order valence-electron chi connectivity index (χ0n) is 24.1. The van der Waals surface area contributed by atoms with Crippen LogP contribution < -0.4 is 10.9 Å². The van der Waals surface area contributed by atoms with Crippen LogP contribution in [0.2, 0.25) is 0 Å². The summed E-state index contributed by atoms with van der Waals surface area (Å²) in [5, 5.41) is 25.8. The summed E-state index contributed by atoms with van der Waals surface area (Å²) in [5.41, 5.74) is 0.917. The highest BCUT2D eigenvalue weighted by molar-refractivity contribution is 6.63. The van der Waals surface area contributed by atoms with Crippen molar-refractivity contribution in [1.29, 1.82) is 0 Å². The first kappa shape index (κ1) is 28.4. The Morgan fingerprint density at radius 3 is 1.39 bits per heavy atom. The summed E-state index contributed by atoms with van der Waals surface area (Å²) >= 11 is 0. The second kappa shape index (κ2) is 10.2. The predicted molar refractivity (Wildman–Crippen MR) is 163 cm³/mol. The van der Waals surface area contributed by atoms with E-state index in [1.807, 2.05) is 58.0 Å². The van der Waals surface area contributed by atoms with Gasteiger partial charge < -0.3 is 19.5 Å². The third kappa shape index (κ3) is 5.55. The first-order valence-electron chi connectivity index (χ1n) is 13.4. The van der Waals surface area contributed by atoms with Crippen LogP contribution in [0.4, 0.5) is 0 Å². The summed E-state index contributed by atoms with van der Waals surface area (Å²) in [7, 11) is 0.706. The van der Waals surface area contributed by atoms with E-state index in [1.54, 1.807) is 27.7 Å². The Hall–Kier alpha value is -2.63. The Balaban J connectivity index is 1.94. The van der Waals surface area contributed by atoms with Crippen molar-refractivity contribution in [2.24, 2.45) is 0 Å². The molecule has 0 heterocycles. The van der Waals surface area contributed by atoms with E-state index >= 15 is 0 Å². The Morgan fingerprint density at radius 1 is 0.500 bits per heavy atom. The van der Waals surface area contributed by atoms with E-state index < -0.39 is 22.4 Å².